The second-order valence-electron chi connectivity index (χ2n) is 6.35. The number of aliphatic imine (C=N–C) groups is 1. The van der Waals surface area contributed by atoms with Crippen LogP contribution >= 0.6 is 0 Å². The highest BCUT2D eigenvalue weighted by molar-refractivity contribution is 5.79. The maximum atomic E-state index is 5.83. The Balaban J connectivity index is 1.45. The maximum absolute atomic E-state index is 5.83. The van der Waals surface area contributed by atoms with Crippen LogP contribution in [-0.2, 0) is 19.6 Å². The zero-order valence-electron chi connectivity index (χ0n) is 16.1. The van der Waals surface area contributed by atoms with E-state index in [0.29, 0.717) is 13.2 Å². The Labute approximate surface area is 166 Å². The first-order chi connectivity index (χ1) is 13.8. The molecule has 1 heterocycles. The molecule has 28 heavy (non-hydrogen) atoms. The number of ether oxygens (including phenoxy) is 1. The van der Waals surface area contributed by atoms with Crippen molar-refractivity contribution in [2.24, 2.45) is 4.99 Å². The van der Waals surface area contributed by atoms with Gasteiger partial charge in [-0.3, -0.25) is 9.98 Å². The number of rotatable bonds is 8. The number of guanidine groups is 1. The second-order valence-corrected chi connectivity index (χ2v) is 6.35. The Hall–Kier alpha value is -3.34. The third-order valence-electron chi connectivity index (χ3n) is 4.22. The van der Waals surface area contributed by atoms with Gasteiger partial charge in [-0.15, -0.1) is 0 Å². The Kier molecular flexibility index (Phi) is 7.44. The van der Waals surface area contributed by atoms with E-state index in [1.807, 2.05) is 54.7 Å². The minimum atomic E-state index is 0.550. The second kappa shape index (κ2) is 10.7. The first-order valence-electron chi connectivity index (χ1n) is 9.43. The molecule has 0 aliphatic carbocycles. The molecule has 144 valence electrons. The lowest BCUT2D eigenvalue weighted by Gasteiger charge is -2.13. The van der Waals surface area contributed by atoms with Crippen LogP contribution in [0.3, 0.4) is 0 Å². The van der Waals surface area contributed by atoms with E-state index in [9.17, 15) is 0 Å². The van der Waals surface area contributed by atoms with Gasteiger partial charge in [0.15, 0.2) is 5.96 Å². The van der Waals surface area contributed by atoms with E-state index in [-0.39, 0.29) is 0 Å². The molecule has 0 bridgehead atoms. The average Bonchev–Trinajstić information content (AvgIpc) is 2.76. The Morgan fingerprint density at radius 2 is 1.75 bits per heavy atom. The van der Waals surface area contributed by atoms with E-state index < -0.39 is 0 Å². The van der Waals surface area contributed by atoms with Gasteiger partial charge in [0.1, 0.15) is 12.4 Å². The molecule has 0 atom stereocenters. The van der Waals surface area contributed by atoms with Gasteiger partial charge in [-0.1, -0.05) is 48.5 Å². The molecule has 0 saturated heterocycles. The van der Waals surface area contributed by atoms with Crippen LogP contribution in [-0.4, -0.2) is 24.5 Å². The summed E-state index contributed by atoms with van der Waals surface area (Å²) < 4.78 is 5.83. The average molecular weight is 374 g/mol. The van der Waals surface area contributed by atoms with E-state index >= 15 is 0 Å². The molecule has 0 fully saturated rings. The van der Waals surface area contributed by atoms with Crippen molar-refractivity contribution in [2.45, 2.75) is 19.6 Å². The van der Waals surface area contributed by atoms with E-state index in [2.05, 4.69) is 44.9 Å². The molecule has 0 spiro atoms. The number of pyridine rings is 1. The van der Waals surface area contributed by atoms with Crippen molar-refractivity contribution >= 4 is 5.96 Å². The summed E-state index contributed by atoms with van der Waals surface area (Å²) in [6, 6.07) is 24.2. The van der Waals surface area contributed by atoms with E-state index in [0.717, 1.165) is 35.9 Å². The Morgan fingerprint density at radius 1 is 0.929 bits per heavy atom. The van der Waals surface area contributed by atoms with Crippen LogP contribution < -0.4 is 15.4 Å². The number of benzene rings is 2. The first kappa shape index (κ1) is 19.4. The van der Waals surface area contributed by atoms with Crippen LogP contribution in [0.2, 0.25) is 0 Å². The lowest BCUT2D eigenvalue weighted by atomic mass is 10.1. The molecule has 0 radical (unpaired) electrons. The molecule has 0 aliphatic heterocycles. The lowest BCUT2D eigenvalue weighted by Crippen LogP contribution is -2.37. The maximum Gasteiger partial charge on any atom is 0.191 e. The highest BCUT2D eigenvalue weighted by Gasteiger charge is 2.01. The summed E-state index contributed by atoms with van der Waals surface area (Å²) in [5, 5.41) is 6.67. The van der Waals surface area contributed by atoms with Gasteiger partial charge in [0.2, 0.25) is 0 Å². The standard InChI is InChI=1S/C23H26N4O/c1-24-23(26-15-13-21-10-5-6-14-25-21)27-17-19-8-7-9-20(16-19)18-28-22-11-3-2-4-12-22/h2-12,14,16H,13,15,17-18H2,1H3,(H2,24,26,27). The highest BCUT2D eigenvalue weighted by atomic mass is 16.5. The zero-order valence-corrected chi connectivity index (χ0v) is 16.1. The monoisotopic (exact) mass is 374 g/mol. The number of aromatic nitrogens is 1. The number of para-hydroxylation sites is 1. The van der Waals surface area contributed by atoms with Crippen molar-refractivity contribution in [3.8, 4) is 5.75 Å². The molecular formula is C23H26N4O. The van der Waals surface area contributed by atoms with Crippen molar-refractivity contribution in [3.63, 3.8) is 0 Å². The van der Waals surface area contributed by atoms with E-state index in [4.69, 9.17) is 4.74 Å². The lowest BCUT2D eigenvalue weighted by molar-refractivity contribution is 0.306. The van der Waals surface area contributed by atoms with Crippen LogP contribution in [0.4, 0.5) is 0 Å². The van der Waals surface area contributed by atoms with Gasteiger partial charge in [-0.2, -0.15) is 0 Å². The summed E-state index contributed by atoms with van der Waals surface area (Å²) in [5.74, 6) is 1.66. The molecule has 3 rings (SSSR count). The van der Waals surface area contributed by atoms with Crippen molar-refractivity contribution in [1.29, 1.82) is 0 Å². The summed E-state index contributed by atoms with van der Waals surface area (Å²) in [6.07, 6.45) is 2.67. The largest absolute Gasteiger partial charge is 0.489 e. The Bertz CT molecular complexity index is 866. The molecule has 0 saturated carbocycles. The van der Waals surface area contributed by atoms with Crippen LogP contribution in [0.15, 0.2) is 84.0 Å². The van der Waals surface area contributed by atoms with Crippen molar-refractivity contribution in [2.75, 3.05) is 13.6 Å². The molecule has 0 amide bonds. The number of nitrogens with one attached hydrogen (secondary N) is 2. The summed E-state index contributed by atoms with van der Waals surface area (Å²) >= 11 is 0. The summed E-state index contributed by atoms with van der Waals surface area (Å²) in [6.45, 7) is 2.03. The molecular weight excluding hydrogens is 348 g/mol. The zero-order chi connectivity index (χ0) is 19.4. The molecule has 5 heteroatoms. The number of hydrogen-bond acceptors (Lipinski definition) is 3. The molecule has 5 nitrogen and oxygen atoms in total. The van der Waals surface area contributed by atoms with Crippen LogP contribution in [0, 0.1) is 0 Å². The molecule has 2 N–H and O–H groups in total. The van der Waals surface area contributed by atoms with Gasteiger partial charge in [0, 0.05) is 38.4 Å². The van der Waals surface area contributed by atoms with Crippen molar-refractivity contribution < 1.29 is 4.74 Å². The van der Waals surface area contributed by atoms with Crippen molar-refractivity contribution in [3.05, 3.63) is 95.8 Å². The van der Waals surface area contributed by atoms with Gasteiger partial charge in [-0.25, -0.2) is 0 Å². The van der Waals surface area contributed by atoms with E-state index in [1.165, 1.54) is 5.56 Å². The third kappa shape index (κ3) is 6.43. The Morgan fingerprint density at radius 3 is 2.54 bits per heavy atom. The summed E-state index contributed by atoms with van der Waals surface area (Å²) in [4.78, 5) is 8.61. The molecule has 3 aromatic rings. The third-order valence-corrected chi connectivity index (χ3v) is 4.22. The van der Waals surface area contributed by atoms with Crippen LogP contribution in [0.25, 0.3) is 0 Å². The highest BCUT2D eigenvalue weighted by Crippen LogP contribution is 2.12. The fraction of sp³-hybridized carbons (Fsp3) is 0.217. The van der Waals surface area contributed by atoms with Gasteiger partial charge in [-0.05, 0) is 35.4 Å². The molecule has 0 unspecified atom stereocenters. The van der Waals surface area contributed by atoms with Gasteiger partial charge in [0.05, 0.1) is 0 Å². The normalized spacial score (nSPS) is 11.1. The fourth-order valence-corrected chi connectivity index (χ4v) is 2.77. The molecule has 2 aromatic carbocycles. The quantitative estimate of drug-likeness (QED) is 0.467. The topological polar surface area (TPSA) is 58.5 Å². The predicted octanol–water partition coefficient (Wildman–Crippen LogP) is 3.57. The predicted molar refractivity (Wildman–Crippen MR) is 113 cm³/mol. The minimum absolute atomic E-state index is 0.550. The van der Waals surface area contributed by atoms with Crippen LogP contribution in [0.5, 0.6) is 5.75 Å². The van der Waals surface area contributed by atoms with E-state index in [1.54, 1.807) is 7.05 Å². The smallest absolute Gasteiger partial charge is 0.191 e. The van der Waals surface area contributed by atoms with Gasteiger partial charge < -0.3 is 15.4 Å². The van der Waals surface area contributed by atoms with Gasteiger partial charge in [0.25, 0.3) is 0 Å². The fourth-order valence-electron chi connectivity index (χ4n) is 2.77. The number of hydrogen-bond donors (Lipinski definition) is 2. The first-order valence-corrected chi connectivity index (χ1v) is 9.43. The molecule has 1 aromatic heterocycles. The van der Waals surface area contributed by atoms with Crippen molar-refractivity contribution in [1.82, 2.24) is 15.6 Å². The van der Waals surface area contributed by atoms with Crippen LogP contribution in [0.1, 0.15) is 16.8 Å². The van der Waals surface area contributed by atoms with Gasteiger partial charge >= 0.3 is 0 Å². The summed E-state index contributed by atoms with van der Waals surface area (Å²) in [5.41, 5.74) is 3.39. The molecule has 0 aliphatic rings. The summed E-state index contributed by atoms with van der Waals surface area (Å²) in [7, 11) is 1.78. The minimum Gasteiger partial charge on any atom is -0.489 e. The SMILES string of the molecule is CN=C(NCCc1ccccn1)NCc1cccc(COc2ccccc2)c1. The number of nitrogens with zero attached hydrogens (tertiary/aromatic N) is 2.